The van der Waals surface area contributed by atoms with Crippen LogP contribution in [-0.4, -0.2) is 48.3 Å². The third-order valence-electron chi connectivity index (χ3n) is 6.78. The van der Waals surface area contributed by atoms with Crippen LogP contribution in [0, 0.1) is 5.41 Å². The lowest BCUT2D eigenvalue weighted by atomic mass is 9.76. The average Bonchev–Trinajstić information content (AvgIpc) is 3.29. The topological polar surface area (TPSA) is 40.6 Å². The van der Waals surface area contributed by atoms with Gasteiger partial charge in [-0.1, -0.05) is 43.2 Å². The maximum absolute atomic E-state index is 13.6. The summed E-state index contributed by atoms with van der Waals surface area (Å²) in [4.78, 5) is 30.2. The number of amides is 2. The van der Waals surface area contributed by atoms with Crippen molar-refractivity contribution in [2.45, 2.75) is 50.4 Å². The molecule has 0 unspecified atom stereocenters. The van der Waals surface area contributed by atoms with Crippen LogP contribution in [-0.2, 0) is 15.0 Å². The van der Waals surface area contributed by atoms with Crippen LogP contribution >= 0.6 is 0 Å². The molecule has 1 spiro atoms. The molecule has 1 saturated carbocycles. The Balaban J connectivity index is 1.59. The fourth-order valence-electron chi connectivity index (χ4n) is 5.36. The number of likely N-dealkylation sites (tertiary alicyclic amines) is 2. The summed E-state index contributed by atoms with van der Waals surface area (Å²) in [6.45, 7) is 2.19. The Morgan fingerprint density at radius 3 is 2.40 bits per heavy atom. The van der Waals surface area contributed by atoms with Crippen molar-refractivity contribution in [2.75, 3.05) is 26.7 Å². The molecule has 2 heterocycles. The highest BCUT2D eigenvalue weighted by molar-refractivity contribution is 5.91. The second-order valence-corrected chi connectivity index (χ2v) is 8.24. The molecule has 0 bridgehead atoms. The van der Waals surface area contributed by atoms with E-state index in [-0.39, 0.29) is 22.6 Å². The molecule has 0 aromatic heterocycles. The van der Waals surface area contributed by atoms with Crippen molar-refractivity contribution >= 4 is 11.8 Å². The zero-order valence-electron chi connectivity index (χ0n) is 15.2. The number of hydrogen-bond donors (Lipinski definition) is 0. The average molecular weight is 340 g/mol. The Morgan fingerprint density at radius 2 is 1.68 bits per heavy atom. The van der Waals surface area contributed by atoms with E-state index in [4.69, 9.17) is 0 Å². The summed E-state index contributed by atoms with van der Waals surface area (Å²) in [5.74, 6) is 0.503. The molecule has 25 heavy (non-hydrogen) atoms. The third-order valence-corrected chi connectivity index (χ3v) is 6.78. The molecule has 1 aromatic rings. The molecule has 3 fully saturated rings. The van der Waals surface area contributed by atoms with Crippen molar-refractivity contribution in [3.05, 3.63) is 35.9 Å². The Bertz CT molecular complexity index is 666. The Labute approximate surface area is 150 Å². The SMILES string of the molecule is CN1CCC[C@@]2(CCN(C(=O)C3(c4ccccc4)CCCC3)C2)C1=O. The van der Waals surface area contributed by atoms with Crippen LogP contribution < -0.4 is 0 Å². The van der Waals surface area contributed by atoms with Gasteiger partial charge in [0.25, 0.3) is 0 Å². The summed E-state index contributed by atoms with van der Waals surface area (Å²) < 4.78 is 0. The first kappa shape index (κ1) is 16.6. The van der Waals surface area contributed by atoms with Gasteiger partial charge in [0.2, 0.25) is 11.8 Å². The van der Waals surface area contributed by atoms with Crippen molar-refractivity contribution in [1.82, 2.24) is 9.80 Å². The summed E-state index contributed by atoms with van der Waals surface area (Å²) in [6.07, 6.45) is 6.90. The minimum absolute atomic E-state index is 0.245. The highest BCUT2D eigenvalue weighted by atomic mass is 16.2. The maximum atomic E-state index is 13.6. The fraction of sp³-hybridized carbons (Fsp3) is 0.619. The predicted molar refractivity (Wildman–Crippen MR) is 97.1 cm³/mol. The zero-order chi connectivity index (χ0) is 17.5. The highest BCUT2D eigenvalue weighted by Gasteiger charge is 2.52. The van der Waals surface area contributed by atoms with Crippen molar-refractivity contribution in [1.29, 1.82) is 0 Å². The van der Waals surface area contributed by atoms with E-state index in [0.717, 1.165) is 63.6 Å². The molecule has 2 saturated heterocycles. The molecule has 4 nitrogen and oxygen atoms in total. The van der Waals surface area contributed by atoms with E-state index in [1.807, 2.05) is 35.0 Å². The number of carbonyl (C=O) groups is 2. The van der Waals surface area contributed by atoms with Crippen molar-refractivity contribution in [3.8, 4) is 0 Å². The summed E-state index contributed by atoms with van der Waals surface area (Å²) in [5, 5.41) is 0. The molecule has 3 aliphatic rings. The molecule has 2 aliphatic heterocycles. The molecular formula is C21H28N2O2. The standard InChI is InChI=1S/C21H28N2O2/c1-22-14-7-10-20(18(22)24)13-15-23(16-20)19(25)21(11-5-6-12-21)17-8-3-2-4-9-17/h2-4,8-9H,5-7,10-16H2,1H3/t20-/m0/s1. The fourth-order valence-corrected chi connectivity index (χ4v) is 5.36. The van der Waals surface area contributed by atoms with Crippen LogP contribution in [0.2, 0.25) is 0 Å². The molecular weight excluding hydrogens is 312 g/mol. The smallest absolute Gasteiger partial charge is 0.233 e. The van der Waals surface area contributed by atoms with E-state index < -0.39 is 0 Å². The van der Waals surface area contributed by atoms with Crippen LogP contribution in [0.5, 0.6) is 0 Å². The Morgan fingerprint density at radius 1 is 0.960 bits per heavy atom. The predicted octanol–water partition coefficient (Wildman–Crippen LogP) is 2.97. The van der Waals surface area contributed by atoms with E-state index >= 15 is 0 Å². The number of hydrogen-bond acceptors (Lipinski definition) is 2. The van der Waals surface area contributed by atoms with Crippen molar-refractivity contribution in [2.24, 2.45) is 5.41 Å². The molecule has 4 rings (SSSR count). The minimum Gasteiger partial charge on any atom is -0.345 e. The lowest BCUT2D eigenvalue weighted by Gasteiger charge is -2.38. The second kappa shape index (κ2) is 6.15. The van der Waals surface area contributed by atoms with Gasteiger partial charge >= 0.3 is 0 Å². The summed E-state index contributed by atoms with van der Waals surface area (Å²) in [5.41, 5.74) is 0.473. The quantitative estimate of drug-likeness (QED) is 0.830. The number of benzene rings is 1. The van der Waals surface area contributed by atoms with Gasteiger partial charge < -0.3 is 9.80 Å². The van der Waals surface area contributed by atoms with Gasteiger partial charge in [0.15, 0.2) is 0 Å². The molecule has 1 aromatic carbocycles. The number of piperidine rings is 1. The summed E-state index contributed by atoms with van der Waals surface area (Å²) in [7, 11) is 1.90. The van der Waals surface area contributed by atoms with E-state index in [1.165, 1.54) is 0 Å². The molecule has 1 aliphatic carbocycles. The van der Waals surface area contributed by atoms with Crippen LogP contribution in [0.4, 0.5) is 0 Å². The van der Waals surface area contributed by atoms with Gasteiger partial charge in [-0.15, -0.1) is 0 Å². The molecule has 4 heteroatoms. The van der Waals surface area contributed by atoms with E-state index in [2.05, 4.69) is 12.1 Å². The van der Waals surface area contributed by atoms with E-state index in [1.54, 1.807) is 0 Å². The first-order chi connectivity index (χ1) is 12.1. The molecule has 134 valence electrons. The Kier molecular flexibility index (Phi) is 4.09. The van der Waals surface area contributed by atoms with Gasteiger partial charge in [-0.05, 0) is 37.7 Å². The lowest BCUT2D eigenvalue weighted by molar-refractivity contribution is -0.145. The number of nitrogens with zero attached hydrogens (tertiary/aromatic N) is 2. The number of carbonyl (C=O) groups excluding carboxylic acids is 2. The first-order valence-corrected chi connectivity index (χ1v) is 9.68. The maximum Gasteiger partial charge on any atom is 0.233 e. The molecule has 1 atom stereocenters. The van der Waals surface area contributed by atoms with E-state index in [0.29, 0.717) is 6.54 Å². The van der Waals surface area contributed by atoms with E-state index in [9.17, 15) is 9.59 Å². The minimum atomic E-state index is -0.365. The number of rotatable bonds is 2. The molecule has 0 radical (unpaired) electrons. The largest absolute Gasteiger partial charge is 0.345 e. The van der Waals surface area contributed by atoms with Gasteiger partial charge in [0, 0.05) is 26.7 Å². The monoisotopic (exact) mass is 340 g/mol. The molecule has 2 amide bonds. The van der Waals surface area contributed by atoms with Crippen molar-refractivity contribution in [3.63, 3.8) is 0 Å². The summed E-state index contributed by atoms with van der Waals surface area (Å²) >= 11 is 0. The molecule has 0 N–H and O–H groups in total. The van der Waals surface area contributed by atoms with Gasteiger partial charge in [0.1, 0.15) is 0 Å². The first-order valence-electron chi connectivity index (χ1n) is 9.68. The lowest BCUT2D eigenvalue weighted by Crippen LogP contribution is -2.50. The normalized spacial score (nSPS) is 28.8. The van der Waals surface area contributed by atoms with Crippen molar-refractivity contribution < 1.29 is 9.59 Å². The zero-order valence-corrected chi connectivity index (χ0v) is 15.2. The third kappa shape index (κ3) is 2.57. The Hall–Kier alpha value is -1.84. The second-order valence-electron chi connectivity index (χ2n) is 8.24. The van der Waals surface area contributed by atoms with Gasteiger partial charge in [-0.3, -0.25) is 9.59 Å². The van der Waals surface area contributed by atoms with Gasteiger partial charge in [-0.25, -0.2) is 0 Å². The van der Waals surface area contributed by atoms with Gasteiger partial charge in [-0.2, -0.15) is 0 Å². The van der Waals surface area contributed by atoms with Gasteiger partial charge in [0.05, 0.1) is 10.8 Å². The van der Waals surface area contributed by atoms with Crippen LogP contribution in [0.25, 0.3) is 0 Å². The highest BCUT2D eigenvalue weighted by Crippen LogP contribution is 2.46. The summed E-state index contributed by atoms with van der Waals surface area (Å²) in [6, 6.07) is 10.3. The van der Waals surface area contributed by atoms with Crippen LogP contribution in [0.15, 0.2) is 30.3 Å². The van der Waals surface area contributed by atoms with Crippen LogP contribution in [0.1, 0.15) is 50.5 Å². The van der Waals surface area contributed by atoms with Crippen LogP contribution in [0.3, 0.4) is 0 Å².